The molecule has 5 rings (SSSR count). The van der Waals surface area contributed by atoms with Crippen molar-refractivity contribution in [3.63, 3.8) is 0 Å². The fraction of sp³-hybridized carbons (Fsp3) is 0.367. The zero-order valence-corrected chi connectivity index (χ0v) is 24.1. The molecule has 12 heteroatoms. The van der Waals surface area contributed by atoms with Crippen LogP contribution in [0.4, 0.5) is 26.5 Å². The standard InChI is InChI=1S/C30H34FN7O4/c1-6-37-17-30(4,5)42-26-24(27(37)39)25(35-28(36-26)38-13-12-21(16-38)41-7-2)19-9-11-23(22(31)14-19)34-29(40)33-20-10-8-18(3)32-15-20/h7-11,14-15,21H,2,6,12-13,16-17H2,1,3-5H3,(H2,33,34,40). The number of rotatable bonds is 7. The molecule has 0 saturated carbocycles. The van der Waals surface area contributed by atoms with Gasteiger partial charge in [0.1, 0.15) is 23.1 Å². The van der Waals surface area contributed by atoms with Gasteiger partial charge < -0.3 is 29.9 Å². The Morgan fingerprint density at radius 2 is 2.07 bits per heavy atom. The maximum absolute atomic E-state index is 15.4. The van der Waals surface area contributed by atoms with E-state index in [0.717, 1.165) is 12.1 Å². The number of carbonyl (C=O) groups excluding carboxylic acids is 2. The smallest absolute Gasteiger partial charge is 0.323 e. The van der Waals surface area contributed by atoms with Crippen molar-refractivity contribution < 1.29 is 23.5 Å². The fourth-order valence-corrected chi connectivity index (χ4v) is 5.03. The van der Waals surface area contributed by atoms with Gasteiger partial charge in [-0.2, -0.15) is 4.98 Å². The third kappa shape index (κ3) is 6.12. The lowest BCUT2D eigenvalue weighted by Gasteiger charge is -2.28. The van der Waals surface area contributed by atoms with Gasteiger partial charge in [-0.3, -0.25) is 9.78 Å². The molecule has 2 aromatic heterocycles. The van der Waals surface area contributed by atoms with Gasteiger partial charge in [-0.25, -0.2) is 14.2 Å². The lowest BCUT2D eigenvalue weighted by Crippen LogP contribution is -2.42. The summed E-state index contributed by atoms with van der Waals surface area (Å²) in [5, 5.41) is 5.14. The second-order valence-corrected chi connectivity index (χ2v) is 10.9. The molecule has 2 aliphatic heterocycles. The van der Waals surface area contributed by atoms with Gasteiger partial charge in [0.25, 0.3) is 5.91 Å². The van der Waals surface area contributed by atoms with E-state index in [2.05, 4.69) is 27.2 Å². The van der Waals surface area contributed by atoms with Gasteiger partial charge in [0.2, 0.25) is 11.8 Å². The molecule has 0 radical (unpaired) electrons. The number of amides is 3. The summed E-state index contributed by atoms with van der Waals surface area (Å²) in [5.74, 6) is -0.514. The van der Waals surface area contributed by atoms with Crippen LogP contribution >= 0.6 is 0 Å². The van der Waals surface area contributed by atoms with Crippen LogP contribution in [0.25, 0.3) is 11.3 Å². The van der Waals surface area contributed by atoms with Crippen LogP contribution in [0.3, 0.4) is 0 Å². The van der Waals surface area contributed by atoms with Crippen LogP contribution in [0.15, 0.2) is 49.4 Å². The molecule has 2 aliphatic rings. The molecule has 3 amide bonds. The molecule has 1 aromatic carbocycles. The number of urea groups is 1. The van der Waals surface area contributed by atoms with Crippen LogP contribution in [0.1, 0.15) is 43.2 Å². The summed E-state index contributed by atoms with van der Waals surface area (Å²) in [7, 11) is 0. The summed E-state index contributed by atoms with van der Waals surface area (Å²) < 4.78 is 27.3. The summed E-state index contributed by atoms with van der Waals surface area (Å²) >= 11 is 0. The maximum Gasteiger partial charge on any atom is 0.323 e. The number of hydrogen-bond acceptors (Lipinski definition) is 8. The normalized spacial score (nSPS) is 17.6. The second-order valence-electron chi connectivity index (χ2n) is 10.9. The minimum Gasteiger partial charge on any atom is -0.497 e. The van der Waals surface area contributed by atoms with E-state index in [-0.39, 0.29) is 34.8 Å². The average Bonchev–Trinajstić information content (AvgIpc) is 3.38. The second kappa shape index (κ2) is 11.6. The minimum atomic E-state index is -0.724. The zero-order valence-electron chi connectivity index (χ0n) is 24.1. The SMILES string of the molecule is C=COC1CCN(c2nc3c(c(-c4ccc(NC(=O)Nc5ccc(C)nc5)c(F)c4)n2)C(=O)N(CC)CC(C)(C)O3)C1. The predicted octanol–water partition coefficient (Wildman–Crippen LogP) is 5.00. The Hall–Kier alpha value is -4.74. The zero-order chi connectivity index (χ0) is 30.0. The summed E-state index contributed by atoms with van der Waals surface area (Å²) in [6, 6.07) is 7.10. The molecule has 1 atom stereocenters. The Morgan fingerprint density at radius 1 is 1.26 bits per heavy atom. The van der Waals surface area contributed by atoms with Crippen molar-refractivity contribution in [3.8, 4) is 17.1 Å². The predicted molar refractivity (Wildman–Crippen MR) is 157 cm³/mol. The highest BCUT2D eigenvalue weighted by atomic mass is 19.1. The molecule has 1 unspecified atom stereocenters. The quantitative estimate of drug-likeness (QED) is 0.378. The third-order valence-corrected chi connectivity index (χ3v) is 7.07. The lowest BCUT2D eigenvalue weighted by atomic mass is 10.0. The molecule has 0 spiro atoms. The van der Waals surface area contributed by atoms with Gasteiger partial charge >= 0.3 is 6.03 Å². The number of nitrogens with zero attached hydrogens (tertiary/aromatic N) is 5. The highest BCUT2D eigenvalue weighted by Gasteiger charge is 2.38. The van der Waals surface area contributed by atoms with E-state index in [1.807, 2.05) is 32.6 Å². The Balaban J connectivity index is 1.51. The van der Waals surface area contributed by atoms with E-state index < -0.39 is 17.4 Å². The van der Waals surface area contributed by atoms with Gasteiger partial charge in [-0.15, -0.1) is 0 Å². The molecule has 42 heavy (non-hydrogen) atoms. The van der Waals surface area contributed by atoms with E-state index >= 15 is 4.39 Å². The number of aryl methyl sites for hydroxylation is 1. The molecule has 0 aliphatic carbocycles. The van der Waals surface area contributed by atoms with Crippen LogP contribution in [0.5, 0.6) is 5.88 Å². The monoisotopic (exact) mass is 575 g/mol. The van der Waals surface area contributed by atoms with E-state index in [0.29, 0.717) is 43.4 Å². The number of carbonyl (C=O) groups is 2. The van der Waals surface area contributed by atoms with Crippen LogP contribution in [0.2, 0.25) is 0 Å². The first-order valence-electron chi connectivity index (χ1n) is 13.8. The summed E-state index contributed by atoms with van der Waals surface area (Å²) in [4.78, 5) is 43.5. The van der Waals surface area contributed by atoms with Crippen LogP contribution in [-0.4, -0.2) is 69.7 Å². The van der Waals surface area contributed by atoms with Gasteiger partial charge in [-0.05, 0) is 52.0 Å². The molecular weight excluding hydrogens is 541 g/mol. The first-order chi connectivity index (χ1) is 20.1. The number of halogens is 1. The average molecular weight is 576 g/mol. The molecule has 4 heterocycles. The van der Waals surface area contributed by atoms with Crippen molar-refractivity contribution in [1.82, 2.24) is 19.9 Å². The van der Waals surface area contributed by atoms with Gasteiger partial charge in [-0.1, -0.05) is 12.6 Å². The number of fused-ring (bicyclic) bond motifs is 1. The Labute approximate surface area is 243 Å². The minimum absolute atomic E-state index is 0.0421. The first kappa shape index (κ1) is 28.8. The Bertz CT molecular complexity index is 1510. The molecule has 0 bridgehead atoms. The van der Waals surface area contributed by atoms with Crippen molar-refractivity contribution in [2.75, 3.05) is 41.7 Å². The van der Waals surface area contributed by atoms with Crippen molar-refractivity contribution >= 4 is 29.3 Å². The van der Waals surface area contributed by atoms with Crippen LogP contribution < -0.4 is 20.3 Å². The van der Waals surface area contributed by atoms with E-state index in [4.69, 9.17) is 14.5 Å². The van der Waals surface area contributed by atoms with Crippen molar-refractivity contribution in [3.05, 3.63) is 66.4 Å². The molecule has 1 fully saturated rings. The molecule has 11 nitrogen and oxygen atoms in total. The van der Waals surface area contributed by atoms with E-state index in [1.165, 1.54) is 24.6 Å². The maximum atomic E-state index is 15.4. The number of pyridine rings is 1. The molecule has 1 saturated heterocycles. The van der Waals surface area contributed by atoms with Crippen molar-refractivity contribution in [1.29, 1.82) is 0 Å². The molecule has 2 N–H and O–H groups in total. The van der Waals surface area contributed by atoms with Gasteiger partial charge in [0.15, 0.2) is 0 Å². The number of nitrogens with one attached hydrogen (secondary N) is 2. The van der Waals surface area contributed by atoms with Gasteiger partial charge in [0.05, 0.1) is 42.6 Å². The van der Waals surface area contributed by atoms with Crippen LogP contribution in [-0.2, 0) is 4.74 Å². The number of anilines is 3. The lowest BCUT2D eigenvalue weighted by molar-refractivity contribution is 0.0541. The summed E-state index contributed by atoms with van der Waals surface area (Å²) in [6.45, 7) is 13.1. The number of likely N-dealkylation sites (N-methyl/N-ethyl adjacent to an activating group) is 1. The summed E-state index contributed by atoms with van der Waals surface area (Å²) in [6.07, 6.45) is 3.59. The largest absolute Gasteiger partial charge is 0.497 e. The molecule has 220 valence electrons. The molecule has 3 aromatic rings. The highest BCUT2D eigenvalue weighted by Crippen LogP contribution is 2.37. The van der Waals surface area contributed by atoms with Crippen molar-refractivity contribution in [2.24, 2.45) is 0 Å². The topological polar surface area (TPSA) is 122 Å². The number of ether oxygens (including phenoxy) is 2. The van der Waals surface area contributed by atoms with Crippen LogP contribution in [0, 0.1) is 12.7 Å². The number of aromatic nitrogens is 3. The highest BCUT2D eigenvalue weighted by molar-refractivity contribution is 6.03. The Morgan fingerprint density at radius 3 is 2.76 bits per heavy atom. The van der Waals surface area contributed by atoms with Crippen molar-refractivity contribution in [2.45, 2.75) is 45.8 Å². The summed E-state index contributed by atoms with van der Waals surface area (Å²) in [5.41, 5.74) is 1.25. The third-order valence-electron chi connectivity index (χ3n) is 7.07. The fourth-order valence-electron chi connectivity index (χ4n) is 5.03. The van der Waals surface area contributed by atoms with E-state index in [9.17, 15) is 9.59 Å². The molecular formula is C30H34FN7O4. The number of hydrogen-bond donors (Lipinski definition) is 2. The Kier molecular flexibility index (Phi) is 7.97. The first-order valence-corrected chi connectivity index (χ1v) is 13.8. The van der Waals surface area contributed by atoms with Gasteiger partial charge in [0, 0.05) is 30.8 Å². The number of benzene rings is 1. The van der Waals surface area contributed by atoms with E-state index in [1.54, 1.807) is 23.1 Å².